The summed E-state index contributed by atoms with van der Waals surface area (Å²) in [6.07, 6.45) is 2.02. The Morgan fingerprint density at radius 2 is 1.87 bits per heavy atom. The summed E-state index contributed by atoms with van der Waals surface area (Å²) in [4.78, 5) is 41.1. The molecule has 1 atom stereocenters. The maximum absolute atomic E-state index is 13.1. The number of urea groups is 1. The number of nitrogens with one attached hydrogen (secondary N) is 2. The van der Waals surface area contributed by atoms with Gasteiger partial charge in [-0.25, -0.2) is 4.79 Å². The first-order chi connectivity index (χ1) is 14.5. The number of imide groups is 1. The average Bonchev–Trinajstić information content (AvgIpc) is 3.25. The zero-order chi connectivity index (χ0) is 21.1. The smallest absolute Gasteiger partial charge is 0.325 e. The molecule has 2 aromatic rings. The lowest BCUT2D eigenvalue weighted by atomic mass is 9.92. The first-order valence-electron chi connectivity index (χ1n) is 10.3. The first kappa shape index (κ1) is 19.9. The van der Waals surface area contributed by atoms with Crippen molar-refractivity contribution < 1.29 is 14.4 Å². The summed E-state index contributed by atoms with van der Waals surface area (Å²) in [5.74, 6) is -0.666. The van der Waals surface area contributed by atoms with E-state index in [0.717, 1.165) is 41.1 Å². The lowest BCUT2D eigenvalue weighted by Gasteiger charge is -2.22. The second kappa shape index (κ2) is 8.18. The van der Waals surface area contributed by atoms with E-state index in [1.807, 2.05) is 61.6 Å². The molecule has 1 unspecified atom stereocenters. The van der Waals surface area contributed by atoms with Crippen molar-refractivity contribution in [2.45, 2.75) is 24.8 Å². The molecule has 1 heterocycles. The van der Waals surface area contributed by atoms with Gasteiger partial charge in [-0.2, -0.15) is 0 Å². The Morgan fingerprint density at radius 3 is 2.67 bits per heavy atom. The van der Waals surface area contributed by atoms with Crippen LogP contribution in [0.25, 0.3) is 0 Å². The van der Waals surface area contributed by atoms with Crippen LogP contribution in [-0.2, 0) is 21.5 Å². The lowest BCUT2D eigenvalue weighted by molar-refractivity contribution is -0.135. The van der Waals surface area contributed by atoms with Crippen molar-refractivity contribution in [3.63, 3.8) is 0 Å². The van der Waals surface area contributed by atoms with Crippen molar-refractivity contribution in [1.29, 1.82) is 0 Å². The molecular formula is C23H26N4O3. The summed E-state index contributed by atoms with van der Waals surface area (Å²) >= 11 is 0. The molecular weight excluding hydrogens is 380 g/mol. The van der Waals surface area contributed by atoms with Gasteiger partial charge in [-0.1, -0.05) is 42.5 Å². The molecule has 1 fully saturated rings. The molecule has 30 heavy (non-hydrogen) atoms. The summed E-state index contributed by atoms with van der Waals surface area (Å²) in [6.45, 7) is 1.00. The monoisotopic (exact) mass is 406 g/mol. The van der Waals surface area contributed by atoms with Crippen molar-refractivity contribution in [2.75, 3.05) is 31.6 Å². The molecule has 2 aromatic carbocycles. The van der Waals surface area contributed by atoms with E-state index in [9.17, 15) is 14.4 Å². The fourth-order valence-corrected chi connectivity index (χ4v) is 4.29. The number of para-hydroxylation sites is 1. The Bertz CT molecular complexity index is 962. The number of hydrogen-bond donors (Lipinski definition) is 2. The standard InChI is InChI=1S/C23H26N4O3/c1-26(18-9-3-2-4-10-18)15-7-14-24-20(28)16-27-21(29)23(25-22(27)30)13-12-17-8-5-6-11-19(17)23/h2-6,8-11H,7,12-16H2,1H3,(H,24,28)(H,25,30). The fourth-order valence-electron chi connectivity index (χ4n) is 4.29. The highest BCUT2D eigenvalue weighted by Gasteiger charge is 2.55. The molecule has 2 aliphatic rings. The van der Waals surface area contributed by atoms with Gasteiger partial charge in [0, 0.05) is 25.8 Å². The van der Waals surface area contributed by atoms with Crippen LogP contribution in [0, 0.1) is 0 Å². The van der Waals surface area contributed by atoms with Crippen LogP contribution in [0.3, 0.4) is 0 Å². The second-order valence-electron chi connectivity index (χ2n) is 7.84. The molecule has 4 amide bonds. The Morgan fingerprint density at radius 1 is 1.13 bits per heavy atom. The van der Waals surface area contributed by atoms with Crippen LogP contribution in [-0.4, -0.2) is 49.4 Å². The van der Waals surface area contributed by atoms with Crippen LogP contribution in [0.4, 0.5) is 10.5 Å². The molecule has 1 aliphatic heterocycles. The molecule has 0 aromatic heterocycles. The number of carbonyl (C=O) groups excluding carboxylic acids is 3. The summed E-state index contributed by atoms with van der Waals surface area (Å²) < 4.78 is 0. The zero-order valence-corrected chi connectivity index (χ0v) is 17.1. The number of hydrogen-bond acceptors (Lipinski definition) is 4. The summed E-state index contributed by atoms with van der Waals surface area (Å²) in [7, 11) is 2.00. The number of carbonyl (C=O) groups is 3. The third-order valence-electron chi connectivity index (χ3n) is 5.91. The maximum Gasteiger partial charge on any atom is 0.325 e. The summed E-state index contributed by atoms with van der Waals surface area (Å²) in [5.41, 5.74) is 2.01. The van der Waals surface area contributed by atoms with E-state index >= 15 is 0 Å². The molecule has 0 radical (unpaired) electrons. The normalized spacial score (nSPS) is 19.7. The van der Waals surface area contributed by atoms with E-state index in [0.29, 0.717) is 13.0 Å². The first-order valence-corrected chi connectivity index (χ1v) is 10.3. The minimum atomic E-state index is -1.02. The molecule has 7 nitrogen and oxygen atoms in total. The highest BCUT2D eigenvalue weighted by molar-refractivity contribution is 6.09. The van der Waals surface area contributed by atoms with Crippen LogP contribution >= 0.6 is 0 Å². The highest BCUT2D eigenvalue weighted by atomic mass is 16.2. The van der Waals surface area contributed by atoms with Gasteiger partial charge in [-0.05, 0) is 42.5 Å². The number of nitrogens with zero attached hydrogens (tertiary/aromatic N) is 2. The van der Waals surface area contributed by atoms with E-state index in [2.05, 4.69) is 15.5 Å². The number of anilines is 1. The Labute approximate surface area is 176 Å². The lowest BCUT2D eigenvalue weighted by Crippen LogP contribution is -2.44. The summed E-state index contributed by atoms with van der Waals surface area (Å²) in [6, 6.07) is 17.2. The molecule has 4 rings (SSSR count). The molecule has 1 saturated heterocycles. The van der Waals surface area contributed by atoms with Crippen LogP contribution in [0.2, 0.25) is 0 Å². The van der Waals surface area contributed by atoms with Crippen LogP contribution < -0.4 is 15.5 Å². The van der Waals surface area contributed by atoms with Crippen LogP contribution in [0.15, 0.2) is 54.6 Å². The minimum absolute atomic E-state index is 0.261. The predicted octanol–water partition coefficient (Wildman–Crippen LogP) is 2.02. The van der Waals surface area contributed by atoms with Gasteiger partial charge in [0.2, 0.25) is 5.91 Å². The van der Waals surface area contributed by atoms with E-state index in [1.54, 1.807) is 0 Å². The van der Waals surface area contributed by atoms with Gasteiger partial charge in [0.1, 0.15) is 12.1 Å². The van der Waals surface area contributed by atoms with Crippen LogP contribution in [0.5, 0.6) is 0 Å². The third-order valence-corrected chi connectivity index (χ3v) is 5.91. The number of fused-ring (bicyclic) bond motifs is 2. The predicted molar refractivity (Wildman–Crippen MR) is 114 cm³/mol. The molecule has 1 aliphatic carbocycles. The Balaban J connectivity index is 1.29. The van der Waals surface area contributed by atoms with E-state index in [4.69, 9.17) is 0 Å². The molecule has 7 heteroatoms. The van der Waals surface area contributed by atoms with Gasteiger partial charge in [0.25, 0.3) is 5.91 Å². The topological polar surface area (TPSA) is 81.8 Å². The van der Waals surface area contributed by atoms with Gasteiger partial charge in [0.05, 0.1) is 0 Å². The number of aryl methyl sites for hydroxylation is 1. The van der Waals surface area contributed by atoms with Crippen molar-refractivity contribution in [3.05, 3.63) is 65.7 Å². The van der Waals surface area contributed by atoms with Crippen molar-refractivity contribution in [2.24, 2.45) is 0 Å². The Kier molecular flexibility index (Phi) is 5.44. The molecule has 0 saturated carbocycles. The van der Waals surface area contributed by atoms with E-state index < -0.39 is 11.6 Å². The maximum atomic E-state index is 13.1. The van der Waals surface area contributed by atoms with Gasteiger partial charge in [0.15, 0.2) is 0 Å². The van der Waals surface area contributed by atoms with Gasteiger partial charge >= 0.3 is 6.03 Å². The van der Waals surface area contributed by atoms with E-state index in [1.165, 1.54) is 0 Å². The second-order valence-corrected chi connectivity index (χ2v) is 7.84. The minimum Gasteiger partial charge on any atom is -0.375 e. The SMILES string of the molecule is CN(CCCNC(=O)CN1C(=O)NC2(CCc3ccccc32)C1=O)c1ccccc1. The van der Waals surface area contributed by atoms with Crippen molar-refractivity contribution in [1.82, 2.24) is 15.5 Å². The van der Waals surface area contributed by atoms with E-state index in [-0.39, 0.29) is 18.4 Å². The number of amides is 4. The summed E-state index contributed by atoms with van der Waals surface area (Å²) in [5, 5.41) is 5.66. The van der Waals surface area contributed by atoms with Crippen LogP contribution in [0.1, 0.15) is 24.0 Å². The van der Waals surface area contributed by atoms with Gasteiger partial charge in [-0.3, -0.25) is 14.5 Å². The fraction of sp³-hybridized carbons (Fsp3) is 0.348. The van der Waals surface area contributed by atoms with Crippen molar-refractivity contribution in [3.8, 4) is 0 Å². The quantitative estimate of drug-likeness (QED) is 0.545. The van der Waals surface area contributed by atoms with Gasteiger partial charge in [-0.15, -0.1) is 0 Å². The van der Waals surface area contributed by atoms with Gasteiger partial charge < -0.3 is 15.5 Å². The third kappa shape index (κ3) is 3.63. The zero-order valence-electron chi connectivity index (χ0n) is 17.1. The molecule has 156 valence electrons. The molecule has 1 spiro atoms. The molecule has 2 N–H and O–H groups in total. The highest BCUT2D eigenvalue weighted by Crippen LogP contribution is 2.41. The number of rotatable bonds is 7. The van der Waals surface area contributed by atoms with Crippen molar-refractivity contribution >= 4 is 23.5 Å². The Hall–Kier alpha value is -3.35. The largest absolute Gasteiger partial charge is 0.375 e. The average molecular weight is 406 g/mol. The number of benzene rings is 2. The molecule has 0 bridgehead atoms.